The number of pyridine rings is 1. The minimum Gasteiger partial charge on any atom is -0.383 e. The molecular weight excluding hydrogens is 188 g/mol. The van der Waals surface area contributed by atoms with E-state index in [2.05, 4.69) is 4.98 Å². The van der Waals surface area contributed by atoms with E-state index in [1.165, 1.54) is 0 Å². The van der Waals surface area contributed by atoms with Gasteiger partial charge in [-0.25, -0.2) is 4.98 Å². The molecule has 0 aliphatic rings. The highest BCUT2D eigenvalue weighted by Crippen LogP contribution is 2.20. The van der Waals surface area contributed by atoms with Crippen molar-refractivity contribution in [3.05, 3.63) is 42.1 Å². The normalized spacial score (nSPS) is 15.1. The third kappa shape index (κ3) is 1.84. The molecule has 3 nitrogen and oxygen atoms in total. The lowest BCUT2D eigenvalue weighted by molar-refractivity contribution is 0.0625. The third-order valence-corrected chi connectivity index (χ3v) is 2.55. The molecule has 0 radical (unpaired) electrons. The number of benzene rings is 1. The highest BCUT2D eigenvalue weighted by Gasteiger charge is 2.22. The predicted molar refractivity (Wildman–Crippen MR) is 60.4 cm³/mol. The predicted octanol–water partition coefficient (Wildman–Crippen LogP) is 1.40. The number of fused-ring (bicyclic) bond motifs is 1. The van der Waals surface area contributed by atoms with E-state index >= 15 is 0 Å². The van der Waals surface area contributed by atoms with Crippen LogP contribution in [0.4, 0.5) is 0 Å². The second kappa shape index (κ2) is 3.61. The van der Waals surface area contributed by atoms with Gasteiger partial charge in [-0.1, -0.05) is 24.3 Å². The highest BCUT2D eigenvalue weighted by atomic mass is 16.3. The van der Waals surface area contributed by atoms with E-state index in [-0.39, 0.29) is 6.54 Å². The molecule has 1 heterocycles. The minimum absolute atomic E-state index is 0.165. The Labute approximate surface area is 88.6 Å². The highest BCUT2D eigenvalue weighted by molar-refractivity contribution is 5.78. The first-order valence-corrected chi connectivity index (χ1v) is 4.92. The third-order valence-electron chi connectivity index (χ3n) is 2.55. The van der Waals surface area contributed by atoms with Crippen LogP contribution in [0, 0.1) is 0 Å². The molecule has 0 bridgehead atoms. The summed E-state index contributed by atoms with van der Waals surface area (Å²) in [5.74, 6) is 0. The number of rotatable bonds is 2. The lowest BCUT2D eigenvalue weighted by atomic mass is 10.0. The summed E-state index contributed by atoms with van der Waals surface area (Å²) >= 11 is 0. The van der Waals surface area contributed by atoms with Crippen LogP contribution < -0.4 is 5.73 Å². The number of aromatic nitrogens is 1. The first-order valence-electron chi connectivity index (χ1n) is 4.92. The summed E-state index contributed by atoms with van der Waals surface area (Å²) in [6.45, 7) is 1.84. The van der Waals surface area contributed by atoms with Gasteiger partial charge in [-0.2, -0.15) is 0 Å². The maximum atomic E-state index is 9.97. The topological polar surface area (TPSA) is 59.1 Å². The maximum absolute atomic E-state index is 9.97. The monoisotopic (exact) mass is 202 g/mol. The van der Waals surface area contributed by atoms with Crippen molar-refractivity contribution < 1.29 is 5.11 Å². The number of hydrogen-bond acceptors (Lipinski definition) is 3. The van der Waals surface area contributed by atoms with Crippen molar-refractivity contribution in [3.8, 4) is 0 Å². The van der Waals surface area contributed by atoms with Gasteiger partial charge in [0.05, 0.1) is 11.2 Å². The SMILES string of the molecule is CC(O)(CN)c1ccc2ccccc2n1. The molecule has 0 aliphatic carbocycles. The summed E-state index contributed by atoms with van der Waals surface area (Å²) in [6, 6.07) is 11.6. The summed E-state index contributed by atoms with van der Waals surface area (Å²) in [7, 11) is 0. The number of nitrogens with zero attached hydrogens (tertiary/aromatic N) is 1. The quantitative estimate of drug-likeness (QED) is 0.774. The number of aliphatic hydroxyl groups is 1. The van der Waals surface area contributed by atoms with Gasteiger partial charge in [-0.15, -0.1) is 0 Å². The first kappa shape index (κ1) is 10.1. The number of hydrogen-bond donors (Lipinski definition) is 2. The van der Waals surface area contributed by atoms with Crippen molar-refractivity contribution in [1.82, 2.24) is 4.98 Å². The van der Waals surface area contributed by atoms with Crippen LogP contribution in [0.15, 0.2) is 36.4 Å². The molecule has 0 spiro atoms. The molecule has 3 N–H and O–H groups in total. The van der Waals surface area contributed by atoms with E-state index in [1.807, 2.05) is 36.4 Å². The lowest BCUT2D eigenvalue weighted by Gasteiger charge is -2.20. The van der Waals surface area contributed by atoms with Crippen LogP contribution in [0.3, 0.4) is 0 Å². The van der Waals surface area contributed by atoms with Crippen LogP contribution >= 0.6 is 0 Å². The van der Waals surface area contributed by atoms with Crippen molar-refractivity contribution in [2.45, 2.75) is 12.5 Å². The Bertz CT molecular complexity index is 480. The fourth-order valence-electron chi connectivity index (χ4n) is 1.47. The Kier molecular flexibility index (Phi) is 2.42. The molecule has 15 heavy (non-hydrogen) atoms. The molecule has 0 aliphatic heterocycles. The zero-order chi connectivity index (χ0) is 10.9. The van der Waals surface area contributed by atoms with Gasteiger partial charge < -0.3 is 10.8 Å². The molecule has 1 aromatic carbocycles. The van der Waals surface area contributed by atoms with Crippen molar-refractivity contribution >= 4 is 10.9 Å². The van der Waals surface area contributed by atoms with Gasteiger partial charge in [-0.3, -0.25) is 0 Å². The molecule has 1 unspecified atom stereocenters. The summed E-state index contributed by atoms with van der Waals surface area (Å²) in [6.07, 6.45) is 0. The summed E-state index contributed by atoms with van der Waals surface area (Å²) < 4.78 is 0. The summed E-state index contributed by atoms with van der Waals surface area (Å²) in [4.78, 5) is 4.39. The second-order valence-electron chi connectivity index (χ2n) is 3.87. The van der Waals surface area contributed by atoms with Crippen LogP contribution in [-0.2, 0) is 5.60 Å². The zero-order valence-corrected chi connectivity index (χ0v) is 8.64. The van der Waals surface area contributed by atoms with E-state index in [4.69, 9.17) is 5.73 Å². The Balaban J connectivity index is 2.56. The van der Waals surface area contributed by atoms with Crippen molar-refractivity contribution in [2.24, 2.45) is 5.73 Å². The standard InChI is InChI=1S/C12H14N2O/c1-12(15,8-13)11-7-6-9-4-2-3-5-10(9)14-11/h2-7,15H,8,13H2,1H3. The minimum atomic E-state index is -1.05. The first-order chi connectivity index (χ1) is 7.13. The molecule has 78 valence electrons. The van der Waals surface area contributed by atoms with Crippen molar-refractivity contribution in [3.63, 3.8) is 0 Å². The lowest BCUT2D eigenvalue weighted by Crippen LogP contribution is -2.32. The van der Waals surface area contributed by atoms with Crippen LogP contribution in [0.5, 0.6) is 0 Å². The van der Waals surface area contributed by atoms with E-state index in [0.29, 0.717) is 5.69 Å². The van der Waals surface area contributed by atoms with Gasteiger partial charge >= 0.3 is 0 Å². The van der Waals surface area contributed by atoms with Crippen molar-refractivity contribution in [2.75, 3.05) is 6.54 Å². The average Bonchev–Trinajstić information content (AvgIpc) is 2.28. The molecule has 0 saturated heterocycles. The van der Waals surface area contributed by atoms with E-state index in [9.17, 15) is 5.11 Å². The van der Waals surface area contributed by atoms with E-state index < -0.39 is 5.60 Å². The molecule has 2 aromatic rings. The van der Waals surface area contributed by atoms with E-state index in [0.717, 1.165) is 10.9 Å². The van der Waals surface area contributed by atoms with Gasteiger partial charge in [0, 0.05) is 11.9 Å². The smallest absolute Gasteiger partial charge is 0.116 e. The fraction of sp³-hybridized carbons (Fsp3) is 0.250. The van der Waals surface area contributed by atoms with Gasteiger partial charge in [0.25, 0.3) is 0 Å². The molecule has 0 saturated carbocycles. The van der Waals surface area contributed by atoms with Gasteiger partial charge in [0.15, 0.2) is 0 Å². The average molecular weight is 202 g/mol. The Morgan fingerprint density at radius 3 is 2.73 bits per heavy atom. The summed E-state index contributed by atoms with van der Waals surface area (Å²) in [5.41, 5.74) is 5.93. The molecule has 1 atom stereocenters. The van der Waals surface area contributed by atoms with Crippen LogP contribution in [0.25, 0.3) is 10.9 Å². The molecule has 2 rings (SSSR count). The molecule has 3 heteroatoms. The largest absolute Gasteiger partial charge is 0.383 e. The Morgan fingerprint density at radius 1 is 1.27 bits per heavy atom. The fourth-order valence-corrected chi connectivity index (χ4v) is 1.47. The number of nitrogens with two attached hydrogens (primary N) is 1. The van der Waals surface area contributed by atoms with Crippen LogP contribution in [0.2, 0.25) is 0 Å². The Morgan fingerprint density at radius 2 is 2.00 bits per heavy atom. The molecule has 0 fully saturated rings. The van der Waals surface area contributed by atoms with Crippen LogP contribution in [-0.4, -0.2) is 16.6 Å². The van der Waals surface area contributed by atoms with Gasteiger partial charge in [-0.05, 0) is 19.1 Å². The number of para-hydroxylation sites is 1. The Hall–Kier alpha value is -1.45. The van der Waals surface area contributed by atoms with Gasteiger partial charge in [0.1, 0.15) is 5.60 Å². The van der Waals surface area contributed by atoms with E-state index in [1.54, 1.807) is 6.92 Å². The molecular formula is C12H14N2O. The summed E-state index contributed by atoms with van der Waals surface area (Å²) in [5, 5.41) is 11.0. The van der Waals surface area contributed by atoms with Gasteiger partial charge in [0.2, 0.25) is 0 Å². The molecule has 0 amide bonds. The molecule has 1 aromatic heterocycles. The maximum Gasteiger partial charge on any atom is 0.116 e. The zero-order valence-electron chi connectivity index (χ0n) is 8.64. The van der Waals surface area contributed by atoms with Crippen molar-refractivity contribution in [1.29, 1.82) is 0 Å². The second-order valence-corrected chi connectivity index (χ2v) is 3.87. The van der Waals surface area contributed by atoms with Crippen LogP contribution in [0.1, 0.15) is 12.6 Å².